The number of benzene rings is 2. The Bertz CT molecular complexity index is 852. The first-order valence-corrected chi connectivity index (χ1v) is 8.72. The quantitative estimate of drug-likeness (QED) is 0.837. The summed E-state index contributed by atoms with van der Waals surface area (Å²) in [5.74, 6) is 0.0384. The van der Waals surface area contributed by atoms with E-state index in [-0.39, 0.29) is 4.90 Å². The van der Waals surface area contributed by atoms with Crippen molar-refractivity contribution in [2.24, 2.45) is 5.73 Å². The molecule has 1 heterocycles. The molecule has 0 aromatic heterocycles. The van der Waals surface area contributed by atoms with Gasteiger partial charge in [0.1, 0.15) is 19.3 Å². The number of carbonyl (C=O) groups excluding carboxylic acids is 1. The molecule has 2 aromatic rings. The first kappa shape index (κ1) is 16.3. The van der Waals surface area contributed by atoms with E-state index in [1.54, 1.807) is 30.3 Å². The predicted octanol–water partition coefficient (Wildman–Crippen LogP) is 0.963. The van der Waals surface area contributed by atoms with E-state index < -0.39 is 22.0 Å². The second kappa shape index (κ2) is 6.50. The Hall–Kier alpha value is -2.58. The van der Waals surface area contributed by atoms with Crippen LogP contribution in [0, 0.1) is 0 Å². The smallest absolute Gasteiger partial charge is 0.241 e. The minimum absolute atomic E-state index is 0.0334. The number of nitrogens with one attached hydrogen (secondary N) is 1. The van der Waals surface area contributed by atoms with Crippen molar-refractivity contribution in [2.45, 2.75) is 10.9 Å². The maximum atomic E-state index is 12.6. The van der Waals surface area contributed by atoms with E-state index in [9.17, 15) is 13.2 Å². The van der Waals surface area contributed by atoms with Gasteiger partial charge in [0.15, 0.2) is 11.5 Å². The highest BCUT2D eigenvalue weighted by molar-refractivity contribution is 7.89. The Morgan fingerprint density at radius 2 is 1.71 bits per heavy atom. The number of hydrogen-bond acceptors (Lipinski definition) is 5. The van der Waals surface area contributed by atoms with Crippen LogP contribution in [0.1, 0.15) is 11.6 Å². The van der Waals surface area contributed by atoms with Crippen LogP contribution in [-0.2, 0) is 14.8 Å². The number of ether oxygens (including phenoxy) is 2. The molecule has 24 heavy (non-hydrogen) atoms. The highest BCUT2D eigenvalue weighted by Crippen LogP contribution is 2.32. The summed E-state index contributed by atoms with van der Waals surface area (Å²) in [5, 5.41) is 0. The molecule has 3 N–H and O–H groups in total. The van der Waals surface area contributed by atoms with Gasteiger partial charge in [-0.3, -0.25) is 4.79 Å². The Kier molecular flexibility index (Phi) is 4.41. The molecule has 3 rings (SSSR count). The molecule has 126 valence electrons. The number of sulfonamides is 1. The lowest BCUT2D eigenvalue weighted by Gasteiger charge is -2.20. The molecule has 8 heteroatoms. The number of nitrogens with two attached hydrogens (primary N) is 1. The maximum Gasteiger partial charge on any atom is 0.241 e. The fourth-order valence-electron chi connectivity index (χ4n) is 2.35. The van der Waals surface area contributed by atoms with Gasteiger partial charge < -0.3 is 15.2 Å². The van der Waals surface area contributed by atoms with Gasteiger partial charge >= 0.3 is 0 Å². The van der Waals surface area contributed by atoms with Gasteiger partial charge in [0.2, 0.25) is 15.9 Å². The Morgan fingerprint density at radius 3 is 2.38 bits per heavy atom. The molecule has 7 nitrogen and oxygen atoms in total. The summed E-state index contributed by atoms with van der Waals surface area (Å²) in [6.45, 7) is 0.757. The van der Waals surface area contributed by atoms with Gasteiger partial charge in [0.25, 0.3) is 0 Å². The molecule has 1 aliphatic heterocycles. The minimum Gasteiger partial charge on any atom is -0.486 e. The summed E-state index contributed by atoms with van der Waals surface area (Å²) in [4.78, 5) is 11.7. The third kappa shape index (κ3) is 3.34. The first-order valence-electron chi connectivity index (χ1n) is 7.23. The fourth-order valence-corrected chi connectivity index (χ4v) is 3.56. The lowest BCUT2D eigenvalue weighted by molar-refractivity contribution is -0.119. The lowest BCUT2D eigenvalue weighted by Crippen LogP contribution is -2.37. The van der Waals surface area contributed by atoms with Crippen LogP contribution in [0.15, 0.2) is 53.4 Å². The van der Waals surface area contributed by atoms with E-state index in [4.69, 9.17) is 15.2 Å². The zero-order valence-corrected chi connectivity index (χ0v) is 13.5. The van der Waals surface area contributed by atoms with Gasteiger partial charge in [-0.05, 0) is 17.7 Å². The second-order valence-corrected chi connectivity index (χ2v) is 6.89. The largest absolute Gasteiger partial charge is 0.486 e. The summed E-state index contributed by atoms with van der Waals surface area (Å²) in [7, 11) is -3.97. The Morgan fingerprint density at radius 1 is 1.04 bits per heavy atom. The number of primary amides is 1. The van der Waals surface area contributed by atoms with Crippen molar-refractivity contribution < 1.29 is 22.7 Å². The second-order valence-electron chi connectivity index (χ2n) is 5.17. The summed E-state index contributed by atoms with van der Waals surface area (Å²) >= 11 is 0. The highest BCUT2D eigenvalue weighted by Gasteiger charge is 2.26. The van der Waals surface area contributed by atoms with Gasteiger partial charge in [-0.15, -0.1) is 0 Å². The number of rotatable bonds is 5. The van der Waals surface area contributed by atoms with E-state index >= 15 is 0 Å². The van der Waals surface area contributed by atoms with Crippen LogP contribution < -0.4 is 19.9 Å². The SMILES string of the molecule is NC(=O)[C@H](NS(=O)(=O)c1ccc2c(c1)OCCO2)c1ccccc1. The van der Waals surface area contributed by atoms with Crippen molar-refractivity contribution in [3.63, 3.8) is 0 Å². The van der Waals surface area contributed by atoms with Crippen LogP contribution in [-0.4, -0.2) is 27.5 Å². The monoisotopic (exact) mass is 348 g/mol. The van der Waals surface area contributed by atoms with Gasteiger partial charge in [0, 0.05) is 6.07 Å². The van der Waals surface area contributed by atoms with Crippen molar-refractivity contribution in [1.29, 1.82) is 0 Å². The van der Waals surface area contributed by atoms with Crippen LogP contribution in [0.3, 0.4) is 0 Å². The van der Waals surface area contributed by atoms with Gasteiger partial charge in [0.05, 0.1) is 4.90 Å². The van der Waals surface area contributed by atoms with Crippen LogP contribution in [0.4, 0.5) is 0 Å². The van der Waals surface area contributed by atoms with Crippen molar-refractivity contribution in [3.8, 4) is 11.5 Å². The lowest BCUT2D eigenvalue weighted by atomic mass is 10.1. The van der Waals surface area contributed by atoms with E-state index in [2.05, 4.69) is 4.72 Å². The highest BCUT2D eigenvalue weighted by atomic mass is 32.2. The third-order valence-electron chi connectivity index (χ3n) is 3.51. The van der Waals surface area contributed by atoms with E-state index in [0.717, 1.165) is 0 Å². The summed E-state index contributed by atoms with van der Waals surface area (Å²) < 4.78 is 38.3. The third-order valence-corrected chi connectivity index (χ3v) is 4.93. The average molecular weight is 348 g/mol. The van der Waals surface area contributed by atoms with Crippen molar-refractivity contribution in [1.82, 2.24) is 4.72 Å². The zero-order chi connectivity index (χ0) is 17.2. The number of fused-ring (bicyclic) bond motifs is 1. The molecule has 0 saturated heterocycles. The molecule has 0 spiro atoms. The number of amides is 1. The van der Waals surface area contributed by atoms with Crippen LogP contribution in [0.5, 0.6) is 11.5 Å². The Labute approximate surface area is 139 Å². The van der Waals surface area contributed by atoms with Crippen molar-refractivity contribution >= 4 is 15.9 Å². The normalized spacial score (nSPS) is 14.8. The summed E-state index contributed by atoms with van der Waals surface area (Å²) in [5.41, 5.74) is 5.82. The standard InChI is InChI=1S/C16H16N2O5S/c17-16(19)15(11-4-2-1-3-5-11)18-24(20,21)12-6-7-13-14(10-12)23-9-8-22-13/h1-7,10,15,18H,8-9H2,(H2,17,19)/t15-/m1/s1. The van der Waals surface area contributed by atoms with Gasteiger partial charge in [-0.1, -0.05) is 30.3 Å². The molecule has 1 aliphatic rings. The molecule has 0 saturated carbocycles. The molecular formula is C16H16N2O5S. The van der Waals surface area contributed by atoms with E-state index in [0.29, 0.717) is 30.3 Å². The molecule has 0 aliphatic carbocycles. The topological polar surface area (TPSA) is 108 Å². The zero-order valence-electron chi connectivity index (χ0n) is 12.6. The minimum atomic E-state index is -3.97. The average Bonchev–Trinajstić information content (AvgIpc) is 2.60. The van der Waals surface area contributed by atoms with Crippen molar-refractivity contribution in [3.05, 3.63) is 54.1 Å². The molecule has 2 aromatic carbocycles. The van der Waals surface area contributed by atoms with Crippen molar-refractivity contribution in [2.75, 3.05) is 13.2 Å². The Balaban J connectivity index is 1.91. The molecule has 0 unspecified atom stereocenters. The first-order chi connectivity index (χ1) is 11.5. The van der Waals surface area contributed by atoms with Crippen LogP contribution >= 0.6 is 0 Å². The summed E-state index contributed by atoms with van der Waals surface area (Å²) in [6.07, 6.45) is 0. The molecular weight excluding hydrogens is 332 g/mol. The number of hydrogen-bond donors (Lipinski definition) is 2. The van der Waals surface area contributed by atoms with Crippen LogP contribution in [0.2, 0.25) is 0 Å². The van der Waals surface area contributed by atoms with Gasteiger partial charge in [-0.25, -0.2) is 8.42 Å². The molecule has 0 bridgehead atoms. The molecule has 0 fully saturated rings. The predicted molar refractivity (Wildman–Crippen MR) is 86.1 cm³/mol. The van der Waals surface area contributed by atoms with E-state index in [1.165, 1.54) is 18.2 Å². The molecule has 1 atom stereocenters. The number of carbonyl (C=O) groups is 1. The van der Waals surface area contributed by atoms with Gasteiger partial charge in [-0.2, -0.15) is 4.72 Å². The molecule has 1 amide bonds. The van der Waals surface area contributed by atoms with Crippen LogP contribution in [0.25, 0.3) is 0 Å². The van der Waals surface area contributed by atoms with E-state index in [1.807, 2.05) is 0 Å². The maximum absolute atomic E-state index is 12.6. The summed E-state index contributed by atoms with van der Waals surface area (Å²) in [6, 6.07) is 11.5. The molecule has 0 radical (unpaired) electrons. The fraction of sp³-hybridized carbons (Fsp3) is 0.188.